The van der Waals surface area contributed by atoms with Crippen molar-refractivity contribution in [1.82, 2.24) is 4.90 Å². The van der Waals surface area contributed by atoms with E-state index in [1.165, 1.54) is 0 Å². The van der Waals surface area contributed by atoms with E-state index in [0.717, 1.165) is 26.3 Å². The first-order chi connectivity index (χ1) is 3.93. The van der Waals surface area contributed by atoms with E-state index in [9.17, 15) is 0 Å². The summed E-state index contributed by atoms with van der Waals surface area (Å²) < 4.78 is 5.04. The zero-order chi connectivity index (χ0) is 5.82. The van der Waals surface area contributed by atoms with Crippen molar-refractivity contribution in [2.75, 3.05) is 26.3 Å². The van der Waals surface area contributed by atoms with E-state index in [1.807, 2.05) is 4.90 Å². The minimum Gasteiger partial charge on any atom is -0.378 e. The summed E-state index contributed by atoms with van der Waals surface area (Å²) >= 11 is 0. The third kappa shape index (κ3) is 1.14. The molecule has 0 aromatic rings. The third-order valence-electron chi connectivity index (χ3n) is 1.17. The Bertz CT molecular complexity index is 99.6. The fourth-order valence-corrected chi connectivity index (χ4v) is 0.675. The van der Waals surface area contributed by atoms with Crippen LogP contribution in [0.2, 0.25) is 0 Å². The number of ether oxygens (including phenoxy) is 1. The van der Waals surface area contributed by atoms with E-state index in [0.29, 0.717) is 0 Å². The quantitative estimate of drug-likeness (QED) is 0.403. The molecule has 2 heteroatoms. The molecule has 0 aromatic heterocycles. The highest BCUT2D eigenvalue weighted by atomic mass is 16.5. The van der Waals surface area contributed by atoms with Crippen molar-refractivity contribution < 1.29 is 4.74 Å². The molecule has 0 saturated carbocycles. The number of nitrogens with zero attached hydrogens (tertiary/aromatic N) is 1. The third-order valence-corrected chi connectivity index (χ3v) is 1.17. The first-order valence-electron chi connectivity index (χ1n) is 2.68. The molecule has 1 saturated heterocycles. The second kappa shape index (κ2) is 2.58. The van der Waals surface area contributed by atoms with Gasteiger partial charge in [0.1, 0.15) is 0 Å². The zero-order valence-electron chi connectivity index (χ0n) is 4.68. The van der Waals surface area contributed by atoms with Gasteiger partial charge >= 0.3 is 0 Å². The van der Waals surface area contributed by atoms with Crippen LogP contribution in [0.15, 0.2) is 0 Å². The molecule has 1 aliphatic rings. The first-order valence-corrected chi connectivity index (χ1v) is 2.68. The molecule has 0 spiro atoms. The van der Waals surface area contributed by atoms with Gasteiger partial charge in [-0.15, -0.1) is 0 Å². The predicted molar refractivity (Wildman–Crippen MR) is 29.5 cm³/mol. The van der Waals surface area contributed by atoms with E-state index in [-0.39, 0.29) is 0 Å². The SMILES string of the molecule is [C]#CN1CCOCC1. The van der Waals surface area contributed by atoms with Gasteiger partial charge in [0, 0.05) is 25.6 Å². The minimum atomic E-state index is 0.742. The fourth-order valence-electron chi connectivity index (χ4n) is 0.675. The van der Waals surface area contributed by atoms with Crippen molar-refractivity contribution in [2.45, 2.75) is 0 Å². The van der Waals surface area contributed by atoms with E-state index in [4.69, 9.17) is 11.2 Å². The van der Waals surface area contributed by atoms with E-state index in [1.54, 1.807) is 0 Å². The van der Waals surface area contributed by atoms with Crippen molar-refractivity contribution in [3.05, 3.63) is 6.42 Å². The highest BCUT2D eigenvalue weighted by molar-refractivity contribution is 4.79. The fraction of sp³-hybridized carbons (Fsp3) is 0.667. The number of morpholine rings is 1. The van der Waals surface area contributed by atoms with Crippen molar-refractivity contribution in [1.29, 1.82) is 0 Å². The molecule has 0 unspecified atom stereocenters. The van der Waals surface area contributed by atoms with Crippen LogP contribution in [-0.2, 0) is 4.74 Å². The lowest BCUT2D eigenvalue weighted by Gasteiger charge is -2.21. The molecular weight excluding hydrogens is 102 g/mol. The summed E-state index contributed by atoms with van der Waals surface area (Å²) in [5.74, 6) is 0. The van der Waals surface area contributed by atoms with Crippen molar-refractivity contribution in [3.8, 4) is 6.04 Å². The molecule has 0 aromatic carbocycles. The van der Waals surface area contributed by atoms with Crippen molar-refractivity contribution in [3.63, 3.8) is 0 Å². The molecule has 1 heterocycles. The van der Waals surface area contributed by atoms with Crippen LogP contribution in [0.3, 0.4) is 0 Å². The Balaban J connectivity index is 2.25. The lowest BCUT2D eigenvalue weighted by atomic mass is 10.5. The van der Waals surface area contributed by atoms with Gasteiger partial charge in [-0.05, 0) is 0 Å². The summed E-state index contributed by atoms with van der Waals surface area (Å²) in [6.07, 6.45) is 6.72. The number of rotatable bonds is 0. The highest BCUT2D eigenvalue weighted by Crippen LogP contribution is 1.92. The van der Waals surface area contributed by atoms with Crippen LogP contribution >= 0.6 is 0 Å². The Morgan fingerprint density at radius 1 is 1.38 bits per heavy atom. The zero-order valence-corrected chi connectivity index (χ0v) is 4.68. The Morgan fingerprint density at radius 2 is 2.00 bits per heavy atom. The molecule has 0 atom stereocenters. The van der Waals surface area contributed by atoms with Crippen LogP contribution in [-0.4, -0.2) is 31.2 Å². The highest BCUT2D eigenvalue weighted by Gasteiger charge is 2.04. The average Bonchev–Trinajstić information content (AvgIpc) is 1.90. The molecule has 43 valence electrons. The van der Waals surface area contributed by atoms with Crippen molar-refractivity contribution in [2.24, 2.45) is 0 Å². The Hall–Kier alpha value is -0.680. The Labute approximate surface area is 49.4 Å². The molecule has 2 nitrogen and oxygen atoms in total. The molecule has 1 fully saturated rings. The predicted octanol–water partition coefficient (Wildman–Crippen LogP) is -0.134. The molecule has 0 N–H and O–H groups in total. The van der Waals surface area contributed by atoms with Gasteiger partial charge in [-0.1, -0.05) is 0 Å². The average molecular weight is 110 g/mol. The molecule has 8 heavy (non-hydrogen) atoms. The maximum Gasteiger partial charge on any atom is 0.0649 e. The summed E-state index contributed by atoms with van der Waals surface area (Å²) in [5, 5.41) is 0. The molecular formula is C6H8NO. The summed E-state index contributed by atoms with van der Waals surface area (Å²) in [6, 6.07) is 2.31. The normalized spacial score (nSPS) is 20.1. The maximum atomic E-state index is 6.72. The summed E-state index contributed by atoms with van der Waals surface area (Å²) in [6.45, 7) is 3.13. The van der Waals surface area contributed by atoms with Gasteiger partial charge in [0.15, 0.2) is 0 Å². The van der Waals surface area contributed by atoms with Gasteiger partial charge in [-0.3, -0.25) is 0 Å². The summed E-state index contributed by atoms with van der Waals surface area (Å²) in [4.78, 5) is 1.81. The summed E-state index contributed by atoms with van der Waals surface area (Å²) in [5.41, 5.74) is 0. The largest absolute Gasteiger partial charge is 0.378 e. The maximum absolute atomic E-state index is 6.72. The number of hydrogen-bond acceptors (Lipinski definition) is 2. The van der Waals surface area contributed by atoms with Gasteiger partial charge in [0.05, 0.1) is 13.2 Å². The number of hydrogen-bond donors (Lipinski definition) is 0. The lowest BCUT2D eigenvalue weighted by molar-refractivity contribution is 0.0637. The van der Waals surface area contributed by atoms with Crippen LogP contribution in [0.25, 0.3) is 0 Å². The lowest BCUT2D eigenvalue weighted by Crippen LogP contribution is -2.32. The minimum absolute atomic E-state index is 0.742. The van der Waals surface area contributed by atoms with Gasteiger partial charge < -0.3 is 9.64 Å². The van der Waals surface area contributed by atoms with Gasteiger partial charge in [0.2, 0.25) is 0 Å². The summed E-state index contributed by atoms with van der Waals surface area (Å²) in [7, 11) is 0. The first kappa shape index (κ1) is 5.46. The molecule has 0 aliphatic carbocycles. The standard InChI is InChI=1S/C6H8NO/c1-2-7-3-5-8-6-4-7/h3-6H2. The van der Waals surface area contributed by atoms with E-state index < -0.39 is 0 Å². The second-order valence-electron chi connectivity index (χ2n) is 1.71. The van der Waals surface area contributed by atoms with Crippen LogP contribution in [0.4, 0.5) is 0 Å². The Kier molecular flexibility index (Phi) is 1.76. The Morgan fingerprint density at radius 3 is 2.38 bits per heavy atom. The van der Waals surface area contributed by atoms with Crippen LogP contribution in [0.1, 0.15) is 0 Å². The van der Waals surface area contributed by atoms with Crippen LogP contribution in [0, 0.1) is 12.5 Å². The molecule has 1 radical (unpaired) electrons. The van der Waals surface area contributed by atoms with Crippen molar-refractivity contribution >= 4 is 0 Å². The molecule has 0 amide bonds. The van der Waals surface area contributed by atoms with E-state index >= 15 is 0 Å². The monoisotopic (exact) mass is 110 g/mol. The van der Waals surface area contributed by atoms with Gasteiger partial charge in [-0.25, -0.2) is 0 Å². The van der Waals surface area contributed by atoms with Crippen LogP contribution < -0.4 is 0 Å². The smallest absolute Gasteiger partial charge is 0.0649 e. The molecule has 1 aliphatic heterocycles. The molecule has 0 bridgehead atoms. The van der Waals surface area contributed by atoms with Crippen LogP contribution in [0.5, 0.6) is 0 Å². The van der Waals surface area contributed by atoms with Gasteiger partial charge in [0.25, 0.3) is 0 Å². The molecule has 1 rings (SSSR count). The topological polar surface area (TPSA) is 12.5 Å². The van der Waals surface area contributed by atoms with E-state index in [2.05, 4.69) is 6.04 Å². The second-order valence-corrected chi connectivity index (χ2v) is 1.71. The van der Waals surface area contributed by atoms with Gasteiger partial charge in [-0.2, -0.15) is 0 Å².